The van der Waals surface area contributed by atoms with E-state index in [4.69, 9.17) is 5.11 Å². The van der Waals surface area contributed by atoms with E-state index in [1.165, 1.54) is 5.69 Å². The molecule has 2 rings (SSSR count). The highest BCUT2D eigenvalue weighted by Crippen LogP contribution is 2.19. The van der Waals surface area contributed by atoms with Crippen molar-refractivity contribution in [3.63, 3.8) is 0 Å². The molecule has 0 aromatic heterocycles. The molecule has 0 aliphatic carbocycles. The fraction of sp³-hybridized carbons (Fsp3) is 0.417. The first kappa shape index (κ1) is 10.8. The number of nitrogens with one attached hydrogen (secondary N) is 1. The van der Waals surface area contributed by atoms with Gasteiger partial charge in [-0.2, -0.15) is 0 Å². The Bertz CT molecular complexity index is 353. The quantitative estimate of drug-likeness (QED) is 0.800. The van der Waals surface area contributed by atoms with Gasteiger partial charge in [-0.15, -0.1) is 0 Å². The Morgan fingerprint density at radius 2 is 2.12 bits per heavy atom. The molecule has 0 bridgehead atoms. The molecule has 1 aromatic rings. The summed E-state index contributed by atoms with van der Waals surface area (Å²) in [6.45, 7) is 1.76. The molecular weight excluding hydrogens is 204 g/mol. The van der Waals surface area contributed by atoms with E-state index in [2.05, 4.69) is 22.3 Å². The van der Waals surface area contributed by atoms with Gasteiger partial charge in [0.2, 0.25) is 0 Å². The molecule has 1 atom stereocenters. The molecule has 0 saturated carbocycles. The van der Waals surface area contributed by atoms with E-state index in [1.54, 1.807) is 0 Å². The number of nitrogens with zero attached hydrogens (tertiary/aromatic N) is 1. The molecule has 1 aliphatic heterocycles. The minimum atomic E-state index is -0.931. The van der Waals surface area contributed by atoms with Gasteiger partial charge in [-0.25, -0.2) is 4.79 Å². The Balaban J connectivity index is 1.99. The Morgan fingerprint density at radius 1 is 1.38 bits per heavy atom. The van der Waals surface area contributed by atoms with Gasteiger partial charge in [0.1, 0.15) is 0 Å². The molecule has 16 heavy (non-hydrogen) atoms. The fourth-order valence-electron chi connectivity index (χ4n) is 2.14. The normalized spacial score (nSPS) is 20.5. The first-order valence-corrected chi connectivity index (χ1v) is 5.55. The minimum absolute atomic E-state index is 0.0476. The lowest BCUT2D eigenvalue weighted by Crippen LogP contribution is -2.47. The second-order valence-electron chi connectivity index (χ2n) is 4.07. The summed E-state index contributed by atoms with van der Waals surface area (Å²) in [5, 5.41) is 11.2. The van der Waals surface area contributed by atoms with E-state index in [0.29, 0.717) is 0 Å². The molecule has 0 unspecified atom stereocenters. The highest BCUT2D eigenvalue weighted by Gasteiger charge is 2.20. The van der Waals surface area contributed by atoms with Crippen molar-refractivity contribution in [1.82, 2.24) is 5.32 Å². The van der Waals surface area contributed by atoms with Crippen molar-refractivity contribution in [3.8, 4) is 0 Å². The van der Waals surface area contributed by atoms with Crippen LogP contribution in [0.2, 0.25) is 0 Å². The topological polar surface area (TPSA) is 52.6 Å². The van der Waals surface area contributed by atoms with Crippen LogP contribution in [-0.4, -0.2) is 30.3 Å². The minimum Gasteiger partial charge on any atom is -0.465 e. The zero-order valence-corrected chi connectivity index (χ0v) is 9.10. The van der Waals surface area contributed by atoms with Crippen LogP contribution in [-0.2, 0) is 0 Å². The van der Waals surface area contributed by atoms with E-state index in [9.17, 15) is 4.79 Å². The van der Waals surface area contributed by atoms with Crippen LogP contribution >= 0.6 is 0 Å². The van der Waals surface area contributed by atoms with Gasteiger partial charge in [0.15, 0.2) is 0 Å². The van der Waals surface area contributed by atoms with Crippen LogP contribution in [0.25, 0.3) is 0 Å². The Morgan fingerprint density at radius 3 is 2.81 bits per heavy atom. The number of piperidine rings is 1. The van der Waals surface area contributed by atoms with Crippen LogP contribution in [0.1, 0.15) is 12.8 Å². The molecule has 0 radical (unpaired) electrons. The van der Waals surface area contributed by atoms with Gasteiger partial charge in [-0.1, -0.05) is 18.2 Å². The van der Waals surface area contributed by atoms with Crippen LogP contribution in [0.5, 0.6) is 0 Å². The Labute approximate surface area is 94.9 Å². The third kappa shape index (κ3) is 2.66. The third-order valence-corrected chi connectivity index (χ3v) is 2.87. The standard InChI is InChI=1S/C12H16N2O2/c15-12(16)13-10-5-4-8-14(9-10)11-6-2-1-3-7-11/h1-3,6-7,10,13H,4-5,8-9H2,(H,15,16)/t10-/m1/s1. The molecular formula is C12H16N2O2. The second-order valence-corrected chi connectivity index (χ2v) is 4.07. The van der Waals surface area contributed by atoms with Crippen molar-refractivity contribution in [1.29, 1.82) is 0 Å². The van der Waals surface area contributed by atoms with Crippen LogP contribution < -0.4 is 10.2 Å². The van der Waals surface area contributed by atoms with Gasteiger partial charge >= 0.3 is 6.09 Å². The first-order valence-electron chi connectivity index (χ1n) is 5.55. The number of hydrogen-bond acceptors (Lipinski definition) is 2. The summed E-state index contributed by atoms with van der Waals surface area (Å²) in [6, 6.07) is 10.2. The molecule has 2 N–H and O–H groups in total. The van der Waals surface area contributed by atoms with Crippen LogP contribution in [0.3, 0.4) is 0 Å². The summed E-state index contributed by atoms with van der Waals surface area (Å²) in [5.74, 6) is 0. The molecule has 4 nitrogen and oxygen atoms in total. The Hall–Kier alpha value is -1.71. The average molecular weight is 220 g/mol. The number of amides is 1. The second kappa shape index (κ2) is 4.88. The number of para-hydroxylation sites is 1. The van der Waals surface area contributed by atoms with E-state index < -0.39 is 6.09 Å². The monoisotopic (exact) mass is 220 g/mol. The summed E-state index contributed by atoms with van der Waals surface area (Å²) in [5.41, 5.74) is 1.17. The summed E-state index contributed by atoms with van der Waals surface area (Å²) in [7, 11) is 0. The van der Waals surface area contributed by atoms with E-state index in [-0.39, 0.29) is 6.04 Å². The molecule has 1 aliphatic rings. The summed E-state index contributed by atoms with van der Waals surface area (Å²) in [6.07, 6.45) is 1.02. The van der Waals surface area contributed by atoms with E-state index in [0.717, 1.165) is 25.9 Å². The number of rotatable bonds is 2. The smallest absolute Gasteiger partial charge is 0.404 e. The molecule has 0 spiro atoms. The number of hydrogen-bond donors (Lipinski definition) is 2. The predicted molar refractivity (Wildman–Crippen MR) is 62.8 cm³/mol. The maximum Gasteiger partial charge on any atom is 0.404 e. The lowest BCUT2D eigenvalue weighted by Gasteiger charge is -2.34. The maximum atomic E-state index is 10.6. The van der Waals surface area contributed by atoms with Crippen molar-refractivity contribution in [2.45, 2.75) is 18.9 Å². The largest absolute Gasteiger partial charge is 0.465 e. The van der Waals surface area contributed by atoms with E-state index >= 15 is 0 Å². The molecule has 1 aromatic carbocycles. The van der Waals surface area contributed by atoms with Crippen molar-refractivity contribution < 1.29 is 9.90 Å². The van der Waals surface area contributed by atoms with Crippen molar-refractivity contribution in [2.24, 2.45) is 0 Å². The molecule has 1 amide bonds. The SMILES string of the molecule is O=C(O)N[C@@H]1CCCN(c2ccccc2)C1. The molecule has 4 heteroatoms. The van der Waals surface area contributed by atoms with Crippen LogP contribution in [0.15, 0.2) is 30.3 Å². The average Bonchev–Trinajstić information content (AvgIpc) is 2.30. The number of carboxylic acid groups (broad SMARTS) is 1. The van der Waals surface area contributed by atoms with Gasteiger partial charge < -0.3 is 15.3 Å². The zero-order chi connectivity index (χ0) is 11.4. The lowest BCUT2D eigenvalue weighted by molar-refractivity contribution is 0.188. The fourth-order valence-corrected chi connectivity index (χ4v) is 2.14. The highest BCUT2D eigenvalue weighted by molar-refractivity contribution is 5.65. The maximum absolute atomic E-state index is 10.6. The van der Waals surface area contributed by atoms with Gasteiger partial charge in [0.25, 0.3) is 0 Å². The Kier molecular flexibility index (Phi) is 3.29. The molecule has 1 heterocycles. The predicted octanol–water partition coefficient (Wildman–Crippen LogP) is 1.92. The summed E-state index contributed by atoms with van der Waals surface area (Å²) >= 11 is 0. The van der Waals surface area contributed by atoms with Crippen molar-refractivity contribution >= 4 is 11.8 Å². The first-order chi connectivity index (χ1) is 7.75. The van der Waals surface area contributed by atoms with Crippen molar-refractivity contribution in [3.05, 3.63) is 30.3 Å². The van der Waals surface area contributed by atoms with Gasteiger partial charge in [-0.05, 0) is 25.0 Å². The third-order valence-electron chi connectivity index (χ3n) is 2.87. The lowest BCUT2D eigenvalue weighted by atomic mass is 10.1. The zero-order valence-electron chi connectivity index (χ0n) is 9.10. The molecule has 86 valence electrons. The highest BCUT2D eigenvalue weighted by atomic mass is 16.4. The molecule has 1 saturated heterocycles. The van der Waals surface area contributed by atoms with Gasteiger partial charge in [0.05, 0.1) is 0 Å². The van der Waals surface area contributed by atoms with Crippen molar-refractivity contribution in [2.75, 3.05) is 18.0 Å². The van der Waals surface area contributed by atoms with Crippen LogP contribution in [0, 0.1) is 0 Å². The number of anilines is 1. The summed E-state index contributed by atoms with van der Waals surface area (Å²) in [4.78, 5) is 12.8. The van der Waals surface area contributed by atoms with Gasteiger partial charge in [-0.3, -0.25) is 0 Å². The van der Waals surface area contributed by atoms with Gasteiger partial charge in [0, 0.05) is 24.8 Å². The molecule has 1 fully saturated rings. The number of benzene rings is 1. The summed E-state index contributed by atoms with van der Waals surface area (Å²) < 4.78 is 0. The van der Waals surface area contributed by atoms with E-state index in [1.807, 2.05) is 18.2 Å². The van der Waals surface area contributed by atoms with Crippen LogP contribution in [0.4, 0.5) is 10.5 Å². The number of carbonyl (C=O) groups is 1.